The molecule has 0 aromatic carbocycles. The molecular formula is C11H13N3O3S. The Kier molecular flexibility index (Phi) is 3.81. The fourth-order valence-corrected chi connectivity index (χ4v) is 3.25. The highest BCUT2D eigenvalue weighted by Crippen LogP contribution is 2.32. The van der Waals surface area contributed by atoms with E-state index in [1.807, 2.05) is 6.92 Å². The minimum Gasteiger partial charge on any atom is -0.480 e. The number of aromatic nitrogens is 2. The van der Waals surface area contributed by atoms with Gasteiger partial charge in [-0.2, -0.15) is 10.2 Å². The maximum atomic E-state index is 12.3. The van der Waals surface area contributed by atoms with Crippen LogP contribution in [0.25, 0.3) is 0 Å². The molecule has 1 aliphatic heterocycles. The van der Waals surface area contributed by atoms with Crippen molar-refractivity contribution in [3.8, 4) is 0 Å². The molecule has 2 unspecified atom stereocenters. The Morgan fingerprint density at radius 3 is 2.89 bits per heavy atom. The van der Waals surface area contributed by atoms with Crippen molar-refractivity contribution in [3.05, 3.63) is 24.0 Å². The highest BCUT2D eigenvalue weighted by molar-refractivity contribution is 8.00. The predicted octanol–water partition coefficient (Wildman–Crippen LogP) is 0.855. The molecule has 0 bridgehead atoms. The lowest BCUT2D eigenvalue weighted by molar-refractivity contribution is -0.141. The molecule has 96 valence electrons. The van der Waals surface area contributed by atoms with Gasteiger partial charge in [-0.25, -0.2) is 4.79 Å². The van der Waals surface area contributed by atoms with Crippen LogP contribution in [0.5, 0.6) is 0 Å². The molecule has 1 fully saturated rings. The smallest absolute Gasteiger partial charge is 0.327 e. The summed E-state index contributed by atoms with van der Waals surface area (Å²) in [5, 5.41) is 16.3. The molecule has 1 aromatic rings. The molecule has 0 spiro atoms. The number of aliphatic carboxylic acids is 1. The van der Waals surface area contributed by atoms with Gasteiger partial charge in [-0.1, -0.05) is 6.92 Å². The first-order chi connectivity index (χ1) is 8.65. The van der Waals surface area contributed by atoms with E-state index in [2.05, 4.69) is 10.2 Å². The zero-order chi connectivity index (χ0) is 13.1. The minimum atomic E-state index is -0.964. The van der Waals surface area contributed by atoms with Gasteiger partial charge in [0.15, 0.2) is 0 Å². The monoisotopic (exact) mass is 267 g/mol. The molecule has 2 atom stereocenters. The normalized spacial score (nSPS) is 23.1. The maximum Gasteiger partial charge on any atom is 0.327 e. The molecule has 7 heteroatoms. The van der Waals surface area contributed by atoms with Crippen LogP contribution in [0.15, 0.2) is 18.5 Å². The first kappa shape index (κ1) is 12.8. The molecule has 0 aliphatic carbocycles. The minimum absolute atomic E-state index is 0.0910. The summed E-state index contributed by atoms with van der Waals surface area (Å²) in [5.41, 5.74) is 0.372. The number of amides is 1. The van der Waals surface area contributed by atoms with E-state index in [0.717, 1.165) is 6.42 Å². The van der Waals surface area contributed by atoms with Gasteiger partial charge in [-0.3, -0.25) is 4.79 Å². The summed E-state index contributed by atoms with van der Waals surface area (Å²) < 4.78 is 0. The number of hydrogen-bond donors (Lipinski definition) is 1. The summed E-state index contributed by atoms with van der Waals surface area (Å²) in [4.78, 5) is 24.9. The maximum absolute atomic E-state index is 12.3. The van der Waals surface area contributed by atoms with E-state index in [9.17, 15) is 9.59 Å². The van der Waals surface area contributed by atoms with Crippen LogP contribution in [0, 0.1) is 0 Å². The van der Waals surface area contributed by atoms with Crippen molar-refractivity contribution < 1.29 is 14.7 Å². The second-order valence-corrected chi connectivity index (χ2v) is 5.10. The van der Waals surface area contributed by atoms with E-state index in [1.54, 1.807) is 6.07 Å². The van der Waals surface area contributed by atoms with E-state index in [0.29, 0.717) is 11.3 Å². The number of carboxylic acid groups (broad SMARTS) is 1. The third kappa shape index (κ3) is 2.31. The van der Waals surface area contributed by atoms with E-state index in [4.69, 9.17) is 5.11 Å². The Balaban J connectivity index is 2.28. The number of thioether (sulfide) groups is 1. The molecule has 1 N–H and O–H groups in total. The molecule has 1 saturated heterocycles. The van der Waals surface area contributed by atoms with Gasteiger partial charge in [-0.05, 0) is 12.5 Å². The van der Waals surface area contributed by atoms with Crippen molar-refractivity contribution in [2.24, 2.45) is 0 Å². The highest BCUT2D eigenvalue weighted by atomic mass is 32.2. The zero-order valence-electron chi connectivity index (χ0n) is 9.81. The van der Waals surface area contributed by atoms with Crippen LogP contribution in [0.2, 0.25) is 0 Å². The van der Waals surface area contributed by atoms with E-state index in [1.165, 1.54) is 29.1 Å². The van der Waals surface area contributed by atoms with Gasteiger partial charge in [-0.15, -0.1) is 11.8 Å². The molecule has 0 radical (unpaired) electrons. The van der Waals surface area contributed by atoms with E-state index >= 15 is 0 Å². The molecule has 18 heavy (non-hydrogen) atoms. The van der Waals surface area contributed by atoms with Crippen LogP contribution in [0.4, 0.5) is 0 Å². The lowest BCUT2D eigenvalue weighted by Gasteiger charge is -2.26. The van der Waals surface area contributed by atoms with Crippen LogP contribution in [-0.2, 0) is 4.79 Å². The van der Waals surface area contributed by atoms with Crippen molar-refractivity contribution in [2.45, 2.75) is 24.8 Å². The quantitative estimate of drug-likeness (QED) is 0.874. The topological polar surface area (TPSA) is 83.4 Å². The average Bonchev–Trinajstić information content (AvgIpc) is 2.82. The Labute approximate surface area is 108 Å². The molecule has 0 saturated carbocycles. The molecule has 6 nitrogen and oxygen atoms in total. The summed E-state index contributed by atoms with van der Waals surface area (Å²) >= 11 is 1.50. The number of carboxylic acids is 1. The highest BCUT2D eigenvalue weighted by Gasteiger charge is 2.41. The van der Waals surface area contributed by atoms with Gasteiger partial charge in [0, 0.05) is 5.75 Å². The Morgan fingerprint density at radius 2 is 2.33 bits per heavy atom. The molecule has 1 aliphatic rings. The fourth-order valence-electron chi connectivity index (χ4n) is 1.91. The first-order valence-electron chi connectivity index (χ1n) is 5.59. The predicted molar refractivity (Wildman–Crippen MR) is 66.2 cm³/mol. The lowest BCUT2D eigenvalue weighted by Crippen LogP contribution is -2.45. The number of carbonyl (C=O) groups is 2. The van der Waals surface area contributed by atoms with Gasteiger partial charge in [0.25, 0.3) is 5.91 Å². The van der Waals surface area contributed by atoms with Crippen LogP contribution < -0.4 is 0 Å². The van der Waals surface area contributed by atoms with E-state index < -0.39 is 12.0 Å². The first-order valence-corrected chi connectivity index (χ1v) is 6.63. The van der Waals surface area contributed by atoms with E-state index in [-0.39, 0.29) is 11.3 Å². The largest absolute Gasteiger partial charge is 0.480 e. The summed E-state index contributed by atoms with van der Waals surface area (Å²) in [5.74, 6) is -0.832. The summed E-state index contributed by atoms with van der Waals surface area (Å²) in [6.07, 6.45) is 3.50. The van der Waals surface area contributed by atoms with Crippen LogP contribution >= 0.6 is 11.8 Å². The summed E-state index contributed by atoms with van der Waals surface area (Å²) in [6.45, 7) is 1.94. The molecule has 1 aromatic heterocycles. The zero-order valence-corrected chi connectivity index (χ0v) is 10.6. The van der Waals surface area contributed by atoms with Crippen LogP contribution in [-0.4, -0.2) is 49.2 Å². The SMILES string of the molecule is CCC1SCC(C(=O)O)N1C(=O)c1ccnnc1. The number of hydrogen-bond acceptors (Lipinski definition) is 5. The van der Waals surface area contributed by atoms with Crippen molar-refractivity contribution in [1.29, 1.82) is 0 Å². The third-order valence-electron chi connectivity index (χ3n) is 2.79. The molecule has 2 heterocycles. The third-order valence-corrected chi connectivity index (χ3v) is 4.25. The summed E-state index contributed by atoms with van der Waals surface area (Å²) in [6, 6.07) is 0.782. The summed E-state index contributed by atoms with van der Waals surface area (Å²) in [7, 11) is 0. The number of nitrogens with zero attached hydrogens (tertiary/aromatic N) is 3. The molecular weight excluding hydrogens is 254 g/mol. The molecule has 1 amide bonds. The van der Waals surface area contributed by atoms with Gasteiger partial charge in [0.1, 0.15) is 6.04 Å². The number of rotatable bonds is 3. The number of carbonyl (C=O) groups excluding carboxylic acids is 1. The van der Waals surface area contributed by atoms with Crippen molar-refractivity contribution in [2.75, 3.05) is 5.75 Å². The standard InChI is InChI=1S/C11H13N3O3S/c1-2-9-14(8(6-18-9)11(16)17)10(15)7-3-4-12-13-5-7/h3-5,8-9H,2,6H2,1H3,(H,16,17). The van der Waals surface area contributed by atoms with Gasteiger partial charge < -0.3 is 10.0 Å². The fraction of sp³-hybridized carbons (Fsp3) is 0.455. The van der Waals surface area contributed by atoms with Crippen LogP contribution in [0.3, 0.4) is 0 Å². The van der Waals surface area contributed by atoms with Crippen molar-refractivity contribution >= 4 is 23.6 Å². The van der Waals surface area contributed by atoms with Gasteiger partial charge in [0.05, 0.1) is 23.3 Å². The lowest BCUT2D eigenvalue weighted by atomic mass is 10.2. The Bertz CT molecular complexity index is 454. The van der Waals surface area contributed by atoms with Crippen molar-refractivity contribution in [1.82, 2.24) is 15.1 Å². The Morgan fingerprint density at radius 1 is 1.56 bits per heavy atom. The average molecular weight is 267 g/mol. The Hall–Kier alpha value is -1.63. The van der Waals surface area contributed by atoms with Gasteiger partial charge >= 0.3 is 5.97 Å². The molecule has 2 rings (SSSR count). The van der Waals surface area contributed by atoms with Crippen LogP contribution in [0.1, 0.15) is 23.7 Å². The van der Waals surface area contributed by atoms with Gasteiger partial charge in [0.2, 0.25) is 0 Å². The second-order valence-electron chi connectivity index (χ2n) is 3.89. The second kappa shape index (κ2) is 5.34. The van der Waals surface area contributed by atoms with Crippen molar-refractivity contribution in [3.63, 3.8) is 0 Å².